The number of hydrogen-bond acceptors (Lipinski definition) is 5. The Balaban J connectivity index is 1.38. The van der Waals surface area contributed by atoms with Crippen LogP contribution in [0.1, 0.15) is 18.4 Å². The molecule has 0 radical (unpaired) electrons. The molecule has 2 aromatic rings. The monoisotopic (exact) mass is 438 g/mol. The molecule has 32 heavy (non-hydrogen) atoms. The fourth-order valence-corrected chi connectivity index (χ4v) is 4.49. The van der Waals surface area contributed by atoms with Gasteiger partial charge >= 0.3 is 0 Å². The summed E-state index contributed by atoms with van der Waals surface area (Å²) >= 11 is 0. The first-order valence-corrected chi connectivity index (χ1v) is 11.4. The van der Waals surface area contributed by atoms with Crippen molar-refractivity contribution >= 4 is 28.6 Å². The Hall–Kier alpha value is -2.87. The van der Waals surface area contributed by atoms with E-state index in [1.807, 2.05) is 43.1 Å². The maximum absolute atomic E-state index is 12.8. The first-order chi connectivity index (χ1) is 15.6. The SMILES string of the molecule is CN=C(NCc1cc(N(C)C)nc2ccccc12)N1CCC(C(=O)N2CCOCC2)CC1. The number of benzene rings is 1. The third-order valence-electron chi connectivity index (χ3n) is 6.36. The third kappa shape index (κ3) is 4.96. The van der Waals surface area contributed by atoms with Crippen LogP contribution >= 0.6 is 0 Å². The number of piperidine rings is 1. The maximum Gasteiger partial charge on any atom is 0.225 e. The second-order valence-corrected chi connectivity index (χ2v) is 8.65. The van der Waals surface area contributed by atoms with E-state index >= 15 is 0 Å². The summed E-state index contributed by atoms with van der Waals surface area (Å²) in [7, 11) is 5.84. The predicted octanol–water partition coefficient (Wildman–Crippen LogP) is 1.95. The quantitative estimate of drug-likeness (QED) is 0.581. The van der Waals surface area contributed by atoms with Crippen molar-refractivity contribution in [2.45, 2.75) is 19.4 Å². The number of likely N-dealkylation sites (tertiary alicyclic amines) is 1. The number of para-hydroxylation sites is 1. The smallest absolute Gasteiger partial charge is 0.225 e. The van der Waals surface area contributed by atoms with Crippen LogP contribution in [-0.2, 0) is 16.1 Å². The van der Waals surface area contributed by atoms with Gasteiger partial charge in [-0.1, -0.05) is 18.2 Å². The van der Waals surface area contributed by atoms with Gasteiger partial charge in [0, 0.05) is 65.2 Å². The zero-order chi connectivity index (χ0) is 22.5. The van der Waals surface area contributed by atoms with Crippen molar-refractivity contribution < 1.29 is 9.53 Å². The van der Waals surface area contributed by atoms with E-state index in [0.717, 1.165) is 61.7 Å². The van der Waals surface area contributed by atoms with E-state index in [9.17, 15) is 4.79 Å². The van der Waals surface area contributed by atoms with Crippen molar-refractivity contribution in [3.63, 3.8) is 0 Å². The van der Waals surface area contributed by atoms with Gasteiger partial charge in [0.25, 0.3) is 0 Å². The van der Waals surface area contributed by atoms with Crippen LogP contribution in [0, 0.1) is 5.92 Å². The molecule has 2 saturated heterocycles. The fourth-order valence-electron chi connectivity index (χ4n) is 4.49. The van der Waals surface area contributed by atoms with Crippen LogP contribution in [0.2, 0.25) is 0 Å². The van der Waals surface area contributed by atoms with Crippen LogP contribution in [0.4, 0.5) is 5.82 Å². The Morgan fingerprint density at radius 2 is 1.88 bits per heavy atom. The summed E-state index contributed by atoms with van der Waals surface area (Å²) in [6, 6.07) is 10.4. The number of fused-ring (bicyclic) bond motifs is 1. The largest absolute Gasteiger partial charge is 0.378 e. The lowest BCUT2D eigenvalue weighted by Crippen LogP contribution is -2.49. The molecule has 0 spiro atoms. The lowest BCUT2D eigenvalue weighted by Gasteiger charge is -2.36. The van der Waals surface area contributed by atoms with Crippen molar-refractivity contribution in [3.05, 3.63) is 35.9 Å². The fraction of sp³-hybridized carbons (Fsp3) is 0.542. The zero-order valence-corrected chi connectivity index (χ0v) is 19.4. The van der Waals surface area contributed by atoms with Gasteiger partial charge in [-0.2, -0.15) is 0 Å². The summed E-state index contributed by atoms with van der Waals surface area (Å²) < 4.78 is 5.38. The number of nitrogens with one attached hydrogen (secondary N) is 1. The molecule has 172 valence electrons. The molecule has 0 saturated carbocycles. The van der Waals surface area contributed by atoms with Crippen LogP contribution in [0.5, 0.6) is 0 Å². The minimum absolute atomic E-state index is 0.106. The number of hydrogen-bond donors (Lipinski definition) is 1. The number of guanidine groups is 1. The molecule has 1 aromatic carbocycles. The third-order valence-corrected chi connectivity index (χ3v) is 6.36. The number of rotatable bonds is 4. The molecule has 0 unspecified atom stereocenters. The number of anilines is 1. The maximum atomic E-state index is 12.8. The zero-order valence-electron chi connectivity index (χ0n) is 19.4. The summed E-state index contributed by atoms with van der Waals surface area (Å²) in [4.78, 5) is 28.3. The normalized spacial score (nSPS) is 18.2. The molecule has 1 amide bonds. The van der Waals surface area contributed by atoms with Crippen LogP contribution in [-0.4, -0.2) is 87.2 Å². The van der Waals surface area contributed by atoms with E-state index in [4.69, 9.17) is 9.72 Å². The predicted molar refractivity (Wildman–Crippen MR) is 128 cm³/mol. The first-order valence-electron chi connectivity index (χ1n) is 11.4. The van der Waals surface area contributed by atoms with Crippen LogP contribution in [0.3, 0.4) is 0 Å². The number of ether oxygens (including phenoxy) is 1. The molecule has 0 bridgehead atoms. The molecular formula is C24H34N6O2. The number of carbonyl (C=O) groups excluding carboxylic acids is 1. The average molecular weight is 439 g/mol. The molecule has 0 atom stereocenters. The molecule has 2 aliphatic heterocycles. The first kappa shape index (κ1) is 22.3. The van der Waals surface area contributed by atoms with Gasteiger partial charge in [-0.05, 0) is 30.5 Å². The molecule has 2 aliphatic rings. The van der Waals surface area contributed by atoms with Crippen molar-refractivity contribution in [1.29, 1.82) is 0 Å². The van der Waals surface area contributed by atoms with Crippen LogP contribution in [0.15, 0.2) is 35.3 Å². The van der Waals surface area contributed by atoms with E-state index in [1.165, 1.54) is 5.56 Å². The minimum atomic E-state index is 0.106. The lowest BCUT2D eigenvalue weighted by atomic mass is 9.95. The van der Waals surface area contributed by atoms with E-state index < -0.39 is 0 Å². The molecule has 1 aromatic heterocycles. The van der Waals surface area contributed by atoms with Crippen molar-refractivity contribution in [1.82, 2.24) is 20.1 Å². The number of aromatic nitrogens is 1. The van der Waals surface area contributed by atoms with Gasteiger partial charge in [0.15, 0.2) is 5.96 Å². The van der Waals surface area contributed by atoms with E-state index in [1.54, 1.807) is 0 Å². The second-order valence-electron chi connectivity index (χ2n) is 8.65. The number of morpholine rings is 1. The molecule has 3 heterocycles. The molecule has 1 N–H and O–H groups in total. The molecule has 2 fully saturated rings. The number of carbonyl (C=O) groups is 1. The van der Waals surface area contributed by atoms with Gasteiger partial charge in [0.2, 0.25) is 5.91 Å². The highest BCUT2D eigenvalue weighted by atomic mass is 16.5. The summed E-state index contributed by atoms with van der Waals surface area (Å²) in [6.45, 7) is 5.08. The Bertz CT molecular complexity index is 962. The summed E-state index contributed by atoms with van der Waals surface area (Å²) in [5, 5.41) is 4.69. The van der Waals surface area contributed by atoms with Crippen LogP contribution in [0.25, 0.3) is 10.9 Å². The Labute approximate surface area is 190 Å². The number of amides is 1. The second kappa shape index (κ2) is 10.2. The van der Waals surface area contributed by atoms with Gasteiger partial charge in [-0.15, -0.1) is 0 Å². The van der Waals surface area contributed by atoms with E-state index in [2.05, 4.69) is 33.4 Å². The molecule has 4 rings (SSSR count). The highest BCUT2D eigenvalue weighted by Crippen LogP contribution is 2.23. The molecule has 0 aliphatic carbocycles. The number of nitrogens with zero attached hydrogens (tertiary/aromatic N) is 5. The van der Waals surface area contributed by atoms with Crippen molar-refractivity contribution in [3.8, 4) is 0 Å². The van der Waals surface area contributed by atoms with Gasteiger partial charge in [-0.25, -0.2) is 4.98 Å². The number of pyridine rings is 1. The highest BCUT2D eigenvalue weighted by Gasteiger charge is 2.30. The van der Waals surface area contributed by atoms with Gasteiger partial charge in [-0.3, -0.25) is 9.79 Å². The van der Waals surface area contributed by atoms with Crippen LogP contribution < -0.4 is 10.2 Å². The van der Waals surface area contributed by atoms with E-state index in [0.29, 0.717) is 19.8 Å². The minimum Gasteiger partial charge on any atom is -0.378 e. The standard InChI is InChI=1S/C24H34N6O2/c1-25-24(30-10-8-18(9-11-30)23(31)29-12-14-32-15-13-29)26-17-19-16-22(28(2)3)27-21-7-5-4-6-20(19)21/h4-7,16,18H,8-15,17H2,1-3H3,(H,25,26). The van der Waals surface area contributed by atoms with Gasteiger partial charge in [0.05, 0.1) is 18.7 Å². The molecule has 8 heteroatoms. The number of aliphatic imine (C=N–C) groups is 1. The Morgan fingerprint density at radius 1 is 1.16 bits per heavy atom. The highest BCUT2D eigenvalue weighted by molar-refractivity contribution is 5.86. The van der Waals surface area contributed by atoms with E-state index in [-0.39, 0.29) is 11.8 Å². The van der Waals surface area contributed by atoms with Crippen molar-refractivity contribution in [2.24, 2.45) is 10.9 Å². The molecule has 8 nitrogen and oxygen atoms in total. The summed E-state index contributed by atoms with van der Waals surface area (Å²) in [5.74, 6) is 2.22. The van der Waals surface area contributed by atoms with Crippen molar-refractivity contribution in [2.75, 3.05) is 65.4 Å². The van der Waals surface area contributed by atoms with Gasteiger partial charge < -0.3 is 24.8 Å². The topological polar surface area (TPSA) is 73.3 Å². The average Bonchev–Trinajstić information content (AvgIpc) is 2.84. The van der Waals surface area contributed by atoms with Gasteiger partial charge in [0.1, 0.15) is 5.82 Å². The summed E-state index contributed by atoms with van der Waals surface area (Å²) in [5.41, 5.74) is 2.19. The molecular weight excluding hydrogens is 404 g/mol. The summed E-state index contributed by atoms with van der Waals surface area (Å²) in [6.07, 6.45) is 1.72. The Kier molecular flexibility index (Phi) is 7.09. The lowest BCUT2D eigenvalue weighted by molar-refractivity contribution is -0.140. The Morgan fingerprint density at radius 3 is 2.56 bits per heavy atom.